The first kappa shape index (κ1) is 10.6. The van der Waals surface area contributed by atoms with Crippen molar-refractivity contribution in [2.45, 2.75) is 12.8 Å². The lowest BCUT2D eigenvalue weighted by atomic mass is 9.98. The minimum atomic E-state index is 0.482. The molecule has 1 fully saturated rings. The smallest absolute Gasteiger partial charge is 0.171 e. The van der Waals surface area contributed by atoms with Gasteiger partial charge in [-0.05, 0) is 25.3 Å². The highest BCUT2D eigenvalue weighted by Crippen LogP contribution is 2.25. The summed E-state index contributed by atoms with van der Waals surface area (Å²) < 4.78 is 0. The predicted molar refractivity (Wildman–Crippen MR) is 61.0 cm³/mol. The van der Waals surface area contributed by atoms with Crippen molar-refractivity contribution in [2.24, 2.45) is 11.7 Å². The molecule has 82 valence electrons. The van der Waals surface area contributed by atoms with Crippen molar-refractivity contribution in [2.75, 3.05) is 24.5 Å². The normalized spacial score (nSPS) is 21.7. The highest BCUT2D eigenvalue weighted by molar-refractivity contribution is 6.31. The molecule has 0 bridgehead atoms. The van der Waals surface area contributed by atoms with Crippen LogP contribution in [0.4, 0.5) is 5.82 Å². The average Bonchev–Trinajstić information content (AvgIpc) is 2.30. The minimum Gasteiger partial charge on any atom is -0.354 e. The van der Waals surface area contributed by atoms with Crippen molar-refractivity contribution in [3.8, 4) is 0 Å². The number of rotatable bonds is 2. The largest absolute Gasteiger partial charge is 0.354 e. The number of hydrogen-bond acceptors (Lipinski definition) is 4. The number of hydrogen-bond donors (Lipinski definition) is 1. The van der Waals surface area contributed by atoms with Crippen LogP contribution in [0, 0.1) is 5.92 Å². The van der Waals surface area contributed by atoms with Crippen LogP contribution in [0.3, 0.4) is 0 Å². The highest BCUT2D eigenvalue weighted by Gasteiger charge is 2.21. The summed E-state index contributed by atoms with van der Waals surface area (Å²) in [5.41, 5.74) is 5.69. The molecule has 1 saturated heterocycles. The first-order chi connectivity index (χ1) is 7.31. The Hall–Kier alpha value is -0.870. The Labute approximate surface area is 94.5 Å². The molecule has 2 N–H and O–H groups in total. The molecule has 0 aromatic carbocycles. The fourth-order valence-electron chi connectivity index (χ4n) is 1.98. The van der Waals surface area contributed by atoms with Crippen LogP contribution in [0.2, 0.25) is 5.15 Å². The summed E-state index contributed by atoms with van der Waals surface area (Å²) in [5.74, 6) is 1.34. The topological polar surface area (TPSA) is 55.0 Å². The third-order valence-electron chi connectivity index (χ3n) is 2.79. The summed E-state index contributed by atoms with van der Waals surface area (Å²) in [4.78, 5) is 10.5. The van der Waals surface area contributed by atoms with Crippen LogP contribution in [0.25, 0.3) is 0 Å². The van der Waals surface area contributed by atoms with Gasteiger partial charge in [0.05, 0.1) is 0 Å². The predicted octanol–water partition coefficient (Wildman–Crippen LogP) is 1.31. The average molecular weight is 227 g/mol. The second kappa shape index (κ2) is 4.77. The van der Waals surface area contributed by atoms with Crippen molar-refractivity contribution in [3.63, 3.8) is 0 Å². The molecular weight excluding hydrogens is 212 g/mol. The second-order valence-electron chi connectivity index (χ2n) is 3.86. The molecule has 1 unspecified atom stereocenters. The van der Waals surface area contributed by atoms with Crippen molar-refractivity contribution in [1.82, 2.24) is 9.97 Å². The van der Waals surface area contributed by atoms with Crippen molar-refractivity contribution in [1.29, 1.82) is 0 Å². The lowest BCUT2D eigenvalue weighted by molar-refractivity contribution is 0.421. The Kier molecular flexibility index (Phi) is 3.38. The van der Waals surface area contributed by atoms with Crippen LogP contribution < -0.4 is 10.6 Å². The number of halogens is 1. The van der Waals surface area contributed by atoms with Gasteiger partial charge in [-0.2, -0.15) is 0 Å². The molecule has 0 saturated carbocycles. The van der Waals surface area contributed by atoms with E-state index in [1.807, 2.05) is 0 Å². The zero-order valence-electron chi connectivity index (χ0n) is 8.56. The second-order valence-corrected chi connectivity index (χ2v) is 4.22. The van der Waals surface area contributed by atoms with Crippen molar-refractivity contribution < 1.29 is 0 Å². The van der Waals surface area contributed by atoms with Crippen LogP contribution in [0.1, 0.15) is 12.8 Å². The van der Waals surface area contributed by atoms with Crippen LogP contribution >= 0.6 is 11.6 Å². The molecule has 0 spiro atoms. The van der Waals surface area contributed by atoms with Crippen molar-refractivity contribution in [3.05, 3.63) is 17.5 Å². The molecule has 1 aliphatic rings. The van der Waals surface area contributed by atoms with Gasteiger partial charge in [0, 0.05) is 25.5 Å². The molecule has 0 amide bonds. The molecule has 5 heteroatoms. The van der Waals surface area contributed by atoms with E-state index in [1.54, 1.807) is 12.4 Å². The third-order valence-corrected chi connectivity index (χ3v) is 3.05. The molecule has 1 aromatic rings. The number of anilines is 1. The Morgan fingerprint density at radius 1 is 1.47 bits per heavy atom. The maximum absolute atomic E-state index is 6.00. The van der Waals surface area contributed by atoms with Gasteiger partial charge >= 0.3 is 0 Å². The molecule has 1 atom stereocenters. The molecule has 1 aromatic heterocycles. The fraction of sp³-hybridized carbons (Fsp3) is 0.600. The van der Waals surface area contributed by atoms with E-state index in [0.717, 1.165) is 31.9 Å². The van der Waals surface area contributed by atoms with Gasteiger partial charge in [-0.15, -0.1) is 0 Å². The third kappa shape index (κ3) is 2.38. The van der Waals surface area contributed by atoms with E-state index < -0.39 is 0 Å². The molecule has 15 heavy (non-hydrogen) atoms. The van der Waals surface area contributed by atoms with Gasteiger partial charge in [-0.1, -0.05) is 11.6 Å². The van der Waals surface area contributed by atoms with Crippen LogP contribution in [-0.4, -0.2) is 29.6 Å². The molecule has 0 aliphatic carbocycles. The van der Waals surface area contributed by atoms with Gasteiger partial charge in [-0.25, -0.2) is 9.97 Å². The van der Waals surface area contributed by atoms with Gasteiger partial charge in [0.1, 0.15) is 0 Å². The fourth-order valence-corrected chi connectivity index (χ4v) is 2.20. The molecule has 2 heterocycles. The minimum absolute atomic E-state index is 0.482. The lowest BCUT2D eigenvalue weighted by Crippen LogP contribution is -2.39. The molecule has 4 nitrogen and oxygen atoms in total. The first-order valence-corrected chi connectivity index (χ1v) is 5.60. The van der Waals surface area contributed by atoms with E-state index in [-0.39, 0.29) is 0 Å². The van der Waals surface area contributed by atoms with Crippen LogP contribution in [0.5, 0.6) is 0 Å². The van der Waals surface area contributed by atoms with Gasteiger partial charge in [0.25, 0.3) is 0 Å². The Bertz CT molecular complexity index is 331. The van der Waals surface area contributed by atoms with Gasteiger partial charge < -0.3 is 10.6 Å². The van der Waals surface area contributed by atoms with E-state index in [2.05, 4.69) is 14.9 Å². The SMILES string of the molecule is NCC1CCCN(c2nccnc2Cl)C1. The maximum Gasteiger partial charge on any atom is 0.171 e. The number of piperidine rings is 1. The molecule has 0 radical (unpaired) electrons. The standard InChI is InChI=1S/C10H15ClN4/c11-9-10(14-4-3-13-9)15-5-1-2-8(6-12)7-15/h3-4,8H,1-2,5-7,12H2. The van der Waals surface area contributed by atoms with E-state index >= 15 is 0 Å². The summed E-state index contributed by atoms with van der Waals surface area (Å²) in [6, 6.07) is 0. The van der Waals surface area contributed by atoms with E-state index in [4.69, 9.17) is 17.3 Å². The Morgan fingerprint density at radius 2 is 2.27 bits per heavy atom. The Balaban J connectivity index is 2.13. The van der Waals surface area contributed by atoms with E-state index in [9.17, 15) is 0 Å². The summed E-state index contributed by atoms with van der Waals surface area (Å²) >= 11 is 6.00. The van der Waals surface area contributed by atoms with E-state index in [1.165, 1.54) is 6.42 Å². The van der Waals surface area contributed by atoms with Crippen LogP contribution in [0.15, 0.2) is 12.4 Å². The lowest BCUT2D eigenvalue weighted by Gasteiger charge is -2.33. The summed E-state index contributed by atoms with van der Waals surface area (Å²) in [7, 11) is 0. The van der Waals surface area contributed by atoms with Crippen LogP contribution in [-0.2, 0) is 0 Å². The molecule has 2 rings (SSSR count). The number of nitrogens with two attached hydrogens (primary N) is 1. The highest BCUT2D eigenvalue weighted by atomic mass is 35.5. The molecule has 1 aliphatic heterocycles. The van der Waals surface area contributed by atoms with Gasteiger partial charge in [0.2, 0.25) is 0 Å². The zero-order chi connectivity index (χ0) is 10.7. The monoisotopic (exact) mass is 226 g/mol. The summed E-state index contributed by atoms with van der Waals surface area (Å²) in [6.07, 6.45) is 5.63. The number of aromatic nitrogens is 2. The first-order valence-electron chi connectivity index (χ1n) is 5.22. The van der Waals surface area contributed by atoms with Crippen molar-refractivity contribution >= 4 is 17.4 Å². The summed E-state index contributed by atoms with van der Waals surface area (Å²) in [5, 5.41) is 0.482. The zero-order valence-corrected chi connectivity index (χ0v) is 9.32. The Morgan fingerprint density at radius 3 is 3.00 bits per heavy atom. The van der Waals surface area contributed by atoms with E-state index in [0.29, 0.717) is 11.1 Å². The maximum atomic E-state index is 6.00. The quantitative estimate of drug-likeness (QED) is 0.826. The molecular formula is C10H15ClN4. The van der Waals surface area contributed by atoms with Gasteiger partial charge in [0.15, 0.2) is 11.0 Å². The summed E-state index contributed by atoms with van der Waals surface area (Å²) in [6.45, 7) is 2.66. The van der Waals surface area contributed by atoms with Gasteiger partial charge in [-0.3, -0.25) is 0 Å². The number of nitrogens with zero attached hydrogens (tertiary/aromatic N) is 3.